The summed E-state index contributed by atoms with van der Waals surface area (Å²) < 4.78 is 6.35. The lowest BCUT2D eigenvalue weighted by molar-refractivity contribution is 0.669. The van der Waals surface area contributed by atoms with Crippen LogP contribution in [0, 0.1) is 0 Å². The molecule has 0 radical (unpaired) electrons. The number of pyridine rings is 1. The molecule has 7 aromatic carbocycles. The number of rotatable bonds is 6. The van der Waals surface area contributed by atoms with E-state index in [1.807, 2.05) is 6.20 Å². The standard InChI is InChI=1S/C45H30N2O/c1-3-11-31(12-4-1)32-19-24-36(25-20-32)47(42-18-10-9-16-38(42)33-13-5-2-6-14-33)37-26-21-35(22-27-37)41-29-44-40(30-46-41)45-39-17-8-7-15-34(39)23-28-43(45)48-44/h1-30H. The average Bonchev–Trinajstić information content (AvgIpc) is 3.55. The molecule has 48 heavy (non-hydrogen) atoms. The SMILES string of the molecule is c1ccc(-c2ccc(N(c3ccc(-c4cc5oc6ccc7ccccc7c6c5cn4)cc3)c3ccccc3-c3ccccc3)cc2)cc1. The highest BCUT2D eigenvalue weighted by molar-refractivity contribution is 6.18. The Hall–Kier alpha value is -6.45. The van der Waals surface area contributed by atoms with E-state index in [1.165, 1.54) is 33.0 Å². The van der Waals surface area contributed by atoms with Crippen molar-refractivity contribution in [1.29, 1.82) is 0 Å². The van der Waals surface area contributed by atoms with Gasteiger partial charge in [0, 0.05) is 45.5 Å². The maximum absolute atomic E-state index is 6.35. The summed E-state index contributed by atoms with van der Waals surface area (Å²) in [6.07, 6.45) is 1.95. The zero-order chi connectivity index (χ0) is 31.9. The van der Waals surface area contributed by atoms with Crippen molar-refractivity contribution in [3.8, 4) is 33.5 Å². The third-order valence-electron chi connectivity index (χ3n) is 9.13. The smallest absolute Gasteiger partial charge is 0.139 e. The van der Waals surface area contributed by atoms with Crippen LogP contribution in [-0.4, -0.2) is 4.98 Å². The van der Waals surface area contributed by atoms with Crippen molar-refractivity contribution in [2.45, 2.75) is 0 Å². The molecule has 2 heterocycles. The molecule has 0 atom stereocenters. The predicted molar refractivity (Wildman–Crippen MR) is 200 cm³/mol. The van der Waals surface area contributed by atoms with Gasteiger partial charge in [-0.05, 0) is 63.9 Å². The van der Waals surface area contributed by atoms with E-state index >= 15 is 0 Å². The van der Waals surface area contributed by atoms with Crippen molar-refractivity contribution in [3.05, 3.63) is 182 Å². The van der Waals surface area contributed by atoms with E-state index in [4.69, 9.17) is 9.40 Å². The van der Waals surface area contributed by atoms with Crippen molar-refractivity contribution in [3.63, 3.8) is 0 Å². The van der Waals surface area contributed by atoms with E-state index in [0.717, 1.165) is 50.3 Å². The molecular formula is C45H30N2O. The lowest BCUT2D eigenvalue weighted by Gasteiger charge is -2.28. The molecule has 2 aromatic heterocycles. The number of benzene rings is 7. The molecule has 0 saturated carbocycles. The molecule has 9 aromatic rings. The van der Waals surface area contributed by atoms with E-state index in [2.05, 4.69) is 181 Å². The van der Waals surface area contributed by atoms with Crippen LogP contribution in [0.25, 0.3) is 66.2 Å². The Balaban J connectivity index is 1.13. The van der Waals surface area contributed by atoms with Gasteiger partial charge in [0.1, 0.15) is 11.2 Å². The summed E-state index contributed by atoms with van der Waals surface area (Å²) in [7, 11) is 0. The summed E-state index contributed by atoms with van der Waals surface area (Å²) in [5, 5.41) is 4.52. The second kappa shape index (κ2) is 11.7. The first-order chi connectivity index (χ1) is 23.8. The Kier molecular flexibility index (Phi) is 6.80. The van der Waals surface area contributed by atoms with Gasteiger partial charge in [-0.15, -0.1) is 0 Å². The average molecular weight is 615 g/mol. The van der Waals surface area contributed by atoms with Gasteiger partial charge in [-0.1, -0.05) is 133 Å². The fraction of sp³-hybridized carbons (Fsp3) is 0. The summed E-state index contributed by atoms with van der Waals surface area (Å²) in [5.74, 6) is 0. The zero-order valence-electron chi connectivity index (χ0n) is 26.1. The number of nitrogens with zero attached hydrogens (tertiary/aromatic N) is 2. The number of para-hydroxylation sites is 1. The van der Waals surface area contributed by atoms with Crippen molar-refractivity contribution in [2.75, 3.05) is 4.90 Å². The Morgan fingerprint density at radius 3 is 1.79 bits per heavy atom. The number of anilines is 3. The van der Waals surface area contributed by atoms with Crippen LogP contribution in [-0.2, 0) is 0 Å². The topological polar surface area (TPSA) is 29.3 Å². The molecular weight excluding hydrogens is 585 g/mol. The van der Waals surface area contributed by atoms with Gasteiger partial charge < -0.3 is 9.32 Å². The first-order valence-corrected chi connectivity index (χ1v) is 16.2. The van der Waals surface area contributed by atoms with Gasteiger partial charge in [-0.25, -0.2) is 0 Å². The molecule has 0 aliphatic heterocycles. The number of hydrogen-bond donors (Lipinski definition) is 0. The fourth-order valence-corrected chi connectivity index (χ4v) is 6.77. The van der Waals surface area contributed by atoms with Gasteiger partial charge in [0.2, 0.25) is 0 Å². The fourth-order valence-electron chi connectivity index (χ4n) is 6.77. The number of furan rings is 1. The lowest BCUT2D eigenvalue weighted by Crippen LogP contribution is -2.11. The largest absolute Gasteiger partial charge is 0.456 e. The van der Waals surface area contributed by atoms with Crippen LogP contribution in [0.2, 0.25) is 0 Å². The minimum absolute atomic E-state index is 0.840. The van der Waals surface area contributed by atoms with Gasteiger partial charge in [0.05, 0.1) is 11.4 Å². The minimum Gasteiger partial charge on any atom is -0.456 e. The quantitative estimate of drug-likeness (QED) is 0.187. The van der Waals surface area contributed by atoms with Gasteiger partial charge in [0.15, 0.2) is 0 Å². The molecule has 3 heteroatoms. The Morgan fingerprint density at radius 2 is 1.04 bits per heavy atom. The van der Waals surface area contributed by atoms with E-state index in [0.29, 0.717) is 0 Å². The predicted octanol–water partition coefficient (Wildman–Crippen LogP) is 12.6. The van der Waals surface area contributed by atoms with E-state index in [-0.39, 0.29) is 0 Å². The molecule has 0 aliphatic rings. The van der Waals surface area contributed by atoms with Crippen LogP contribution in [0.5, 0.6) is 0 Å². The highest BCUT2D eigenvalue weighted by Gasteiger charge is 2.18. The summed E-state index contributed by atoms with van der Waals surface area (Å²) in [6.45, 7) is 0. The van der Waals surface area contributed by atoms with Crippen LogP contribution in [0.4, 0.5) is 17.1 Å². The van der Waals surface area contributed by atoms with Crippen LogP contribution in [0.1, 0.15) is 0 Å². The highest BCUT2D eigenvalue weighted by atomic mass is 16.3. The summed E-state index contributed by atoms with van der Waals surface area (Å²) in [4.78, 5) is 7.25. The molecule has 0 amide bonds. The molecule has 0 N–H and O–H groups in total. The third kappa shape index (κ3) is 4.90. The summed E-state index contributed by atoms with van der Waals surface area (Å²) >= 11 is 0. The molecule has 3 nitrogen and oxygen atoms in total. The maximum atomic E-state index is 6.35. The maximum Gasteiger partial charge on any atom is 0.139 e. The monoisotopic (exact) mass is 614 g/mol. The second-order valence-electron chi connectivity index (χ2n) is 12.0. The lowest BCUT2D eigenvalue weighted by atomic mass is 10.0. The molecule has 0 fully saturated rings. The van der Waals surface area contributed by atoms with Crippen molar-refractivity contribution in [2.24, 2.45) is 0 Å². The van der Waals surface area contributed by atoms with Crippen LogP contribution in [0.15, 0.2) is 187 Å². The van der Waals surface area contributed by atoms with Gasteiger partial charge in [0.25, 0.3) is 0 Å². The summed E-state index contributed by atoms with van der Waals surface area (Å²) in [6, 6.07) is 61.8. The second-order valence-corrected chi connectivity index (χ2v) is 12.0. The molecule has 0 bridgehead atoms. The Labute approximate surface area is 279 Å². The van der Waals surface area contributed by atoms with Crippen LogP contribution < -0.4 is 4.90 Å². The molecule has 226 valence electrons. The van der Waals surface area contributed by atoms with E-state index in [9.17, 15) is 0 Å². The van der Waals surface area contributed by atoms with Crippen LogP contribution >= 0.6 is 0 Å². The first kappa shape index (κ1) is 27.8. The summed E-state index contributed by atoms with van der Waals surface area (Å²) in [5.41, 5.74) is 11.6. The first-order valence-electron chi connectivity index (χ1n) is 16.2. The van der Waals surface area contributed by atoms with Gasteiger partial charge >= 0.3 is 0 Å². The number of aromatic nitrogens is 1. The minimum atomic E-state index is 0.840. The van der Waals surface area contributed by atoms with Gasteiger partial charge in [-0.2, -0.15) is 0 Å². The Morgan fingerprint density at radius 1 is 0.438 bits per heavy atom. The molecule has 0 spiro atoms. The highest BCUT2D eigenvalue weighted by Crippen LogP contribution is 2.42. The van der Waals surface area contributed by atoms with Crippen molar-refractivity contribution >= 4 is 49.8 Å². The Bertz CT molecular complexity index is 2540. The van der Waals surface area contributed by atoms with E-state index < -0.39 is 0 Å². The third-order valence-corrected chi connectivity index (χ3v) is 9.13. The normalized spacial score (nSPS) is 11.3. The molecule has 9 rings (SSSR count). The zero-order valence-corrected chi connectivity index (χ0v) is 26.1. The number of hydrogen-bond acceptors (Lipinski definition) is 3. The molecule has 0 saturated heterocycles. The molecule has 0 aliphatic carbocycles. The van der Waals surface area contributed by atoms with Crippen molar-refractivity contribution < 1.29 is 4.42 Å². The van der Waals surface area contributed by atoms with E-state index in [1.54, 1.807) is 0 Å². The van der Waals surface area contributed by atoms with Crippen molar-refractivity contribution in [1.82, 2.24) is 4.98 Å². The molecule has 0 unspecified atom stereocenters. The number of fused-ring (bicyclic) bond motifs is 5. The van der Waals surface area contributed by atoms with Crippen LogP contribution in [0.3, 0.4) is 0 Å². The van der Waals surface area contributed by atoms with Gasteiger partial charge in [-0.3, -0.25) is 4.98 Å².